The SMILES string of the molecule is Cn1nc(-c2ccc(CN3CCCC3)cc2)cc1N. The Bertz CT molecular complexity index is 531. The maximum atomic E-state index is 5.81. The van der Waals surface area contributed by atoms with E-state index in [0.717, 1.165) is 17.8 Å². The predicted molar refractivity (Wildman–Crippen MR) is 77.6 cm³/mol. The van der Waals surface area contributed by atoms with E-state index < -0.39 is 0 Å². The van der Waals surface area contributed by atoms with Crippen LogP contribution in [0.3, 0.4) is 0 Å². The number of benzene rings is 1. The Balaban J connectivity index is 1.74. The van der Waals surface area contributed by atoms with Gasteiger partial charge in [0, 0.05) is 25.2 Å². The van der Waals surface area contributed by atoms with Crippen LogP contribution in [0.25, 0.3) is 11.3 Å². The number of nitrogen functional groups attached to an aromatic ring is 1. The lowest BCUT2D eigenvalue weighted by Crippen LogP contribution is -2.18. The number of anilines is 1. The molecule has 2 aromatic rings. The molecule has 3 rings (SSSR count). The van der Waals surface area contributed by atoms with E-state index in [-0.39, 0.29) is 0 Å². The van der Waals surface area contributed by atoms with Crippen LogP contribution in [-0.2, 0) is 13.6 Å². The quantitative estimate of drug-likeness (QED) is 0.916. The van der Waals surface area contributed by atoms with E-state index in [9.17, 15) is 0 Å². The Hall–Kier alpha value is -1.81. The van der Waals surface area contributed by atoms with Crippen LogP contribution in [0.1, 0.15) is 18.4 Å². The predicted octanol–water partition coefficient (Wildman–Crippen LogP) is 2.27. The highest BCUT2D eigenvalue weighted by Crippen LogP contribution is 2.21. The van der Waals surface area contributed by atoms with Crippen LogP contribution in [0.15, 0.2) is 30.3 Å². The normalized spacial score (nSPS) is 16.1. The summed E-state index contributed by atoms with van der Waals surface area (Å²) in [5.74, 6) is 0.691. The molecule has 4 nitrogen and oxygen atoms in total. The lowest BCUT2D eigenvalue weighted by molar-refractivity contribution is 0.331. The van der Waals surface area contributed by atoms with Crippen LogP contribution < -0.4 is 5.73 Å². The summed E-state index contributed by atoms with van der Waals surface area (Å²) >= 11 is 0. The summed E-state index contributed by atoms with van der Waals surface area (Å²) in [5.41, 5.74) is 9.24. The van der Waals surface area contributed by atoms with Crippen LogP contribution in [0.2, 0.25) is 0 Å². The van der Waals surface area contributed by atoms with Crippen molar-refractivity contribution in [2.75, 3.05) is 18.8 Å². The molecule has 0 spiro atoms. The van der Waals surface area contributed by atoms with Gasteiger partial charge in [-0.1, -0.05) is 24.3 Å². The van der Waals surface area contributed by atoms with E-state index >= 15 is 0 Å². The first-order valence-corrected chi connectivity index (χ1v) is 6.83. The fraction of sp³-hybridized carbons (Fsp3) is 0.400. The minimum atomic E-state index is 0.691. The number of rotatable bonds is 3. The first kappa shape index (κ1) is 12.2. The van der Waals surface area contributed by atoms with Crippen LogP contribution in [0, 0.1) is 0 Å². The van der Waals surface area contributed by atoms with E-state index in [1.165, 1.54) is 31.5 Å². The summed E-state index contributed by atoms with van der Waals surface area (Å²) in [4.78, 5) is 2.51. The molecule has 0 aliphatic carbocycles. The van der Waals surface area contributed by atoms with Gasteiger partial charge in [-0.3, -0.25) is 9.58 Å². The zero-order valence-electron chi connectivity index (χ0n) is 11.3. The molecular formula is C15H20N4. The third-order valence-electron chi connectivity index (χ3n) is 3.77. The van der Waals surface area contributed by atoms with Crippen molar-refractivity contribution in [2.45, 2.75) is 19.4 Å². The standard InChI is InChI=1S/C15H20N4/c1-18-15(16)10-14(17-18)13-6-4-12(5-7-13)11-19-8-2-3-9-19/h4-7,10H,2-3,8-9,11,16H2,1H3. The van der Waals surface area contributed by atoms with Crippen molar-refractivity contribution >= 4 is 5.82 Å². The van der Waals surface area contributed by atoms with Crippen molar-refractivity contribution in [1.82, 2.24) is 14.7 Å². The van der Waals surface area contributed by atoms with Gasteiger partial charge in [0.15, 0.2) is 0 Å². The van der Waals surface area contributed by atoms with Gasteiger partial charge in [-0.05, 0) is 31.5 Å². The fourth-order valence-electron chi connectivity index (χ4n) is 2.60. The zero-order chi connectivity index (χ0) is 13.2. The summed E-state index contributed by atoms with van der Waals surface area (Å²) in [7, 11) is 1.86. The maximum absolute atomic E-state index is 5.81. The van der Waals surface area contributed by atoms with Gasteiger partial charge >= 0.3 is 0 Å². The molecule has 1 aliphatic heterocycles. The van der Waals surface area contributed by atoms with Crippen LogP contribution in [0.4, 0.5) is 5.82 Å². The van der Waals surface area contributed by atoms with E-state index in [1.807, 2.05) is 13.1 Å². The second-order valence-electron chi connectivity index (χ2n) is 5.26. The van der Waals surface area contributed by atoms with E-state index in [0.29, 0.717) is 5.82 Å². The Morgan fingerprint density at radius 2 is 1.84 bits per heavy atom. The van der Waals surface area contributed by atoms with Crippen molar-refractivity contribution in [3.05, 3.63) is 35.9 Å². The van der Waals surface area contributed by atoms with Gasteiger partial charge in [-0.2, -0.15) is 5.10 Å². The maximum Gasteiger partial charge on any atom is 0.121 e. The third-order valence-corrected chi connectivity index (χ3v) is 3.77. The van der Waals surface area contributed by atoms with Gasteiger partial charge in [0.1, 0.15) is 5.82 Å². The lowest BCUT2D eigenvalue weighted by Gasteiger charge is -2.14. The van der Waals surface area contributed by atoms with Gasteiger partial charge in [-0.25, -0.2) is 0 Å². The number of aryl methyl sites for hydroxylation is 1. The van der Waals surface area contributed by atoms with Crippen molar-refractivity contribution < 1.29 is 0 Å². The summed E-state index contributed by atoms with van der Waals surface area (Å²) in [5, 5.41) is 4.39. The molecule has 0 unspecified atom stereocenters. The third kappa shape index (κ3) is 2.63. The monoisotopic (exact) mass is 256 g/mol. The van der Waals surface area contributed by atoms with Crippen molar-refractivity contribution in [1.29, 1.82) is 0 Å². The molecule has 0 bridgehead atoms. The highest BCUT2D eigenvalue weighted by Gasteiger charge is 2.11. The smallest absolute Gasteiger partial charge is 0.121 e. The molecule has 0 atom stereocenters. The number of likely N-dealkylation sites (tertiary alicyclic amines) is 1. The molecule has 1 aliphatic rings. The minimum absolute atomic E-state index is 0.691. The molecule has 2 heterocycles. The van der Waals surface area contributed by atoms with E-state index in [2.05, 4.69) is 34.3 Å². The van der Waals surface area contributed by atoms with Gasteiger partial charge in [-0.15, -0.1) is 0 Å². The van der Waals surface area contributed by atoms with E-state index in [4.69, 9.17) is 5.73 Å². The molecule has 0 saturated carbocycles. The second-order valence-corrected chi connectivity index (χ2v) is 5.26. The average molecular weight is 256 g/mol. The highest BCUT2D eigenvalue weighted by atomic mass is 15.3. The molecule has 2 N–H and O–H groups in total. The highest BCUT2D eigenvalue weighted by molar-refractivity contribution is 5.62. The van der Waals surface area contributed by atoms with Gasteiger partial charge in [0.05, 0.1) is 5.69 Å². The summed E-state index contributed by atoms with van der Waals surface area (Å²) in [6.45, 7) is 3.53. The largest absolute Gasteiger partial charge is 0.384 e. The Kier molecular flexibility index (Phi) is 3.25. The Labute approximate surface area is 113 Å². The van der Waals surface area contributed by atoms with Crippen molar-refractivity contribution in [3.8, 4) is 11.3 Å². The molecule has 4 heteroatoms. The molecule has 1 aromatic carbocycles. The number of hydrogen-bond acceptors (Lipinski definition) is 3. The van der Waals surface area contributed by atoms with Gasteiger partial charge in [0.25, 0.3) is 0 Å². The minimum Gasteiger partial charge on any atom is -0.384 e. The van der Waals surface area contributed by atoms with Crippen molar-refractivity contribution in [2.24, 2.45) is 7.05 Å². The van der Waals surface area contributed by atoms with Crippen LogP contribution in [0.5, 0.6) is 0 Å². The fourth-order valence-corrected chi connectivity index (χ4v) is 2.60. The summed E-state index contributed by atoms with van der Waals surface area (Å²) < 4.78 is 1.70. The first-order chi connectivity index (χ1) is 9.22. The molecule has 1 aromatic heterocycles. The molecule has 0 amide bonds. The number of hydrogen-bond donors (Lipinski definition) is 1. The lowest BCUT2D eigenvalue weighted by atomic mass is 10.1. The summed E-state index contributed by atoms with van der Waals surface area (Å²) in [6.07, 6.45) is 2.68. The van der Waals surface area contributed by atoms with Crippen LogP contribution in [-0.4, -0.2) is 27.8 Å². The first-order valence-electron chi connectivity index (χ1n) is 6.83. The Morgan fingerprint density at radius 1 is 1.16 bits per heavy atom. The summed E-state index contributed by atoms with van der Waals surface area (Å²) in [6, 6.07) is 10.6. The zero-order valence-corrected chi connectivity index (χ0v) is 11.3. The van der Waals surface area contributed by atoms with Gasteiger partial charge < -0.3 is 5.73 Å². The molecule has 19 heavy (non-hydrogen) atoms. The number of nitrogens with zero attached hydrogens (tertiary/aromatic N) is 3. The van der Waals surface area contributed by atoms with E-state index in [1.54, 1.807) is 4.68 Å². The molecule has 100 valence electrons. The molecule has 1 fully saturated rings. The van der Waals surface area contributed by atoms with Gasteiger partial charge in [0.2, 0.25) is 0 Å². The van der Waals surface area contributed by atoms with Crippen LogP contribution >= 0.6 is 0 Å². The number of nitrogens with two attached hydrogens (primary N) is 1. The second kappa shape index (κ2) is 5.05. The topological polar surface area (TPSA) is 47.1 Å². The molecule has 0 radical (unpaired) electrons. The molecule has 1 saturated heterocycles. The number of aromatic nitrogens is 2. The average Bonchev–Trinajstić information content (AvgIpc) is 3.02. The Morgan fingerprint density at radius 3 is 2.42 bits per heavy atom. The van der Waals surface area contributed by atoms with Crippen molar-refractivity contribution in [3.63, 3.8) is 0 Å². The molecular weight excluding hydrogens is 236 g/mol.